The molecule has 154 valence electrons. The van der Waals surface area contributed by atoms with Gasteiger partial charge in [-0.1, -0.05) is 13.8 Å². The Balaban J connectivity index is 1.43. The van der Waals surface area contributed by atoms with Gasteiger partial charge in [0.25, 0.3) is 0 Å². The molecule has 8 nitrogen and oxygen atoms in total. The third-order valence-corrected chi connectivity index (χ3v) is 6.44. The highest BCUT2D eigenvalue weighted by Gasteiger charge is 2.53. The number of rotatable bonds is 4. The SMILES string of the molecule is CN=C(NCCC(=O)N1CCN(c2ncccn2)CC1)N1CC(C)(C)C1(C)C. The number of carbonyl (C=O) groups excluding carboxylic acids is 1. The number of guanidine groups is 1. The van der Waals surface area contributed by atoms with E-state index in [-0.39, 0.29) is 16.9 Å². The zero-order chi connectivity index (χ0) is 20.4. The van der Waals surface area contributed by atoms with Gasteiger partial charge < -0.3 is 20.0 Å². The van der Waals surface area contributed by atoms with E-state index in [0.717, 1.165) is 31.5 Å². The first-order valence-electron chi connectivity index (χ1n) is 10.0. The van der Waals surface area contributed by atoms with E-state index in [0.29, 0.717) is 26.1 Å². The summed E-state index contributed by atoms with van der Waals surface area (Å²) in [6.45, 7) is 13.6. The van der Waals surface area contributed by atoms with Crippen LogP contribution in [0.1, 0.15) is 34.1 Å². The van der Waals surface area contributed by atoms with Gasteiger partial charge in [0.05, 0.1) is 0 Å². The summed E-state index contributed by atoms with van der Waals surface area (Å²) in [5, 5.41) is 3.37. The zero-order valence-electron chi connectivity index (χ0n) is 17.8. The predicted molar refractivity (Wildman–Crippen MR) is 111 cm³/mol. The maximum atomic E-state index is 12.6. The second-order valence-electron chi connectivity index (χ2n) is 8.67. The molecule has 2 saturated heterocycles. The summed E-state index contributed by atoms with van der Waals surface area (Å²) in [5.74, 6) is 1.79. The Morgan fingerprint density at radius 2 is 1.79 bits per heavy atom. The van der Waals surface area contributed by atoms with Crippen LogP contribution in [0.5, 0.6) is 0 Å². The highest BCUT2D eigenvalue weighted by Crippen LogP contribution is 2.46. The Hall–Kier alpha value is -2.38. The van der Waals surface area contributed by atoms with Crippen molar-refractivity contribution in [2.75, 3.05) is 51.2 Å². The highest BCUT2D eigenvalue weighted by atomic mass is 16.2. The van der Waals surface area contributed by atoms with Gasteiger partial charge in [-0.2, -0.15) is 0 Å². The summed E-state index contributed by atoms with van der Waals surface area (Å²) in [6, 6.07) is 1.81. The van der Waals surface area contributed by atoms with Crippen molar-refractivity contribution in [3.63, 3.8) is 0 Å². The number of nitrogens with one attached hydrogen (secondary N) is 1. The number of amides is 1. The molecule has 1 aromatic rings. The van der Waals surface area contributed by atoms with Crippen molar-refractivity contribution >= 4 is 17.8 Å². The third kappa shape index (κ3) is 3.91. The van der Waals surface area contributed by atoms with Gasteiger partial charge in [0.2, 0.25) is 11.9 Å². The molecule has 0 aliphatic carbocycles. The molecule has 2 fully saturated rings. The molecule has 0 bridgehead atoms. The second kappa shape index (κ2) is 7.93. The van der Waals surface area contributed by atoms with Crippen LogP contribution in [0.15, 0.2) is 23.5 Å². The second-order valence-corrected chi connectivity index (χ2v) is 8.67. The maximum absolute atomic E-state index is 12.6. The van der Waals surface area contributed by atoms with Gasteiger partial charge >= 0.3 is 0 Å². The van der Waals surface area contributed by atoms with Gasteiger partial charge in [-0.05, 0) is 19.9 Å². The fourth-order valence-corrected chi connectivity index (χ4v) is 3.75. The average Bonchev–Trinajstić information content (AvgIpc) is 2.70. The fourth-order valence-electron chi connectivity index (χ4n) is 3.75. The standard InChI is InChI=1S/C20H33N7O/c1-19(2)15-27(20(19,3)4)17(21-5)24-10-7-16(28)25-11-13-26(14-12-25)18-22-8-6-9-23-18/h6,8-9H,7,10-15H2,1-5H3,(H,21,24). The lowest BCUT2D eigenvalue weighted by Gasteiger charge is -2.62. The predicted octanol–water partition coefficient (Wildman–Crippen LogP) is 1.21. The largest absolute Gasteiger partial charge is 0.356 e. The first kappa shape index (κ1) is 20.4. The van der Waals surface area contributed by atoms with Crippen LogP contribution in [0.3, 0.4) is 0 Å². The van der Waals surface area contributed by atoms with Crippen molar-refractivity contribution in [1.82, 2.24) is 25.1 Å². The van der Waals surface area contributed by atoms with E-state index < -0.39 is 0 Å². The molecule has 1 amide bonds. The van der Waals surface area contributed by atoms with Crippen molar-refractivity contribution in [3.05, 3.63) is 18.5 Å². The van der Waals surface area contributed by atoms with Gasteiger partial charge in [0.1, 0.15) is 0 Å². The molecule has 1 aromatic heterocycles. The van der Waals surface area contributed by atoms with Crippen molar-refractivity contribution in [1.29, 1.82) is 0 Å². The first-order valence-corrected chi connectivity index (χ1v) is 10.0. The Morgan fingerprint density at radius 3 is 2.32 bits per heavy atom. The molecule has 0 aromatic carbocycles. The minimum atomic E-state index is 0.0503. The van der Waals surface area contributed by atoms with Crippen LogP contribution in [-0.2, 0) is 4.79 Å². The normalized spacial score (nSPS) is 21.3. The summed E-state index contributed by atoms with van der Waals surface area (Å²) >= 11 is 0. The molecule has 1 N–H and O–H groups in total. The van der Waals surface area contributed by atoms with Crippen LogP contribution in [0, 0.1) is 5.41 Å². The summed E-state index contributed by atoms with van der Waals surface area (Å²) in [5.41, 5.74) is 0.303. The Kier molecular flexibility index (Phi) is 5.76. The quantitative estimate of drug-likeness (QED) is 0.618. The van der Waals surface area contributed by atoms with Crippen LogP contribution in [0.2, 0.25) is 0 Å². The lowest BCUT2D eigenvalue weighted by molar-refractivity contribution is -0.131. The molecule has 28 heavy (non-hydrogen) atoms. The van der Waals surface area contributed by atoms with E-state index in [2.05, 4.69) is 57.8 Å². The van der Waals surface area contributed by atoms with E-state index in [1.54, 1.807) is 19.4 Å². The monoisotopic (exact) mass is 387 g/mol. The highest BCUT2D eigenvalue weighted by molar-refractivity contribution is 5.83. The zero-order valence-corrected chi connectivity index (χ0v) is 17.8. The van der Waals surface area contributed by atoms with Crippen LogP contribution in [0.25, 0.3) is 0 Å². The number of nitrogens with zero attached hydrogens (tertiary/aromatic N) is 6. The Labute approximate surface area is 168 Å². The smallest absolute Gasteiger partial charge is 0.225 e. The number of likely N-dealkylation sites (tertiary alicyclic amines) is 1. The lowest BCUT2D eigenvalue weighted by atomic mass is 9.65. The number of anilines is 1. The number of hydrogen-bond donors (Lipinski definition) is 1. The first-order chi connectivity index (χ1) is 13.3. The topological polar surface area (TPSA) is 77.0 Å². The molecule has 0 unspecified atom stereocenters. The van der Waals surface area contributed by atoms with Gasteiger partial charge in [-0.3, -0.25) is 9.79 Å². The maximum Gasteiger partial charge on any atom is 0.225 e. The van der Waals surface area contributed by atoms with Crippen LogP contribution >= 0.6 is 0 Å². The number of aliphatic imine (C=N–C) groups is 1. The third-order valence-electron chi connectivity index (χ3n) is 6.44. The van der Waals surface area contributed by atoms with Crippen molar-refractivity contribution in [2.24, 2.45) is 10.4 Å². The van der Waals surface area contributed by atoms with E-state index in [1.165, 1.54) is 0 Å². The molecule has 2 aliphatic heterocycles. The molecule has 0 saturated carbocycles. The average molecular weight is 388 g/mol. The van der Waals surface area contributed by atoms with Crippen LogP contribution < -0.4 is 10.2 Å². The van der Waals surface area contributed by atoms with E-state index in [4.69, 9.17) is 0 Å². The molecule has 3 heterocycles. The van der Waals surface area contributed by atoms with Crippen molar-refractivity contribution in [2.45, 2.75) is 39.7 Å². The summed E-state index contributed by atoms with van der Waals surface area (Å²) < 4.78 is 0. The molecule has 8 heteroatoms. The molecule has 0 radical (unpaired) electrons. The number of aromatic nitrogens is 2. The lowest BCUT2D eigenvalue weighted by Crippen LogP contribution is -2.72. The fraction of sp³-hybridized carbons (Fsp3) is 0.700. The summed E-state index contributed by atoms with van der Waals surface area (Å²) in [4.78, 5) is 31.9. The van der Waals surface area contributed by atoms with Crippen molar-refractivity contribution in [3.8, 4) is 0 Å². The van der Waals surface area contributed by atoms with Crippen LogP contribution in [-0.4, -0.2) is 83.5 Å². The molecule has 2 aliphatic rings. The van der Waals surface area contributed by atoms with Gasteiger partial charge in [-0.25, -0.2) is 9.97 Å². The van der Waals surface area contributed by atoms with Gasteiger partial charge in [-0.15, -0.1) is 0 Å². The number of piperazine rings is 1. The molecular weight excluding hydrogens is 354 g/mol. The van der Waals surface area contributed by atoms with E-state index in [9.17, 15) is 4.79 Å². The van der Waals surface area contributed by atoms with E-state index >= 15 is 0 Å². The van der Waals surface area contributed by atoms with E-state index in [1.807, 2.05) is 11.0 Å². The molecule has 0 spiro atoms. The minimum absolute atomic E-state index is 0.0503. The Morgan fingerprint density at radius 1 is 1.14 bits per heavy atom. The summed E-state index contributed by atoms with van der Waals surface area (Å²) in [7, 11) is 1.80. The van der Waals surface area contributed by atoms with Gasteiger partial charge in [0, 0.05) is 76.1 Å². The van der Waals surface area contributed by atoms with Gasteiger partial charge in [0.15, 0.2) is 5.96 Å². The minimum Gasteiger partial charge on any atom is -0.356 e. The summed E-state index contributed by atoms with van der Waals surface area (Å²) in [6.07, 6.45) is 3.97. The number of hydrogen-bond acceptors (Lipinski definition) is 5. The molecule has 0 atom stereocenters. The van der Waals surface area contributed by atoms with Crippen LogP contribution in [0.4, 0.5) is 5.95 Å². The molecular formula is C20H33N7O. The Bertz CT molecular complexity index is 709. The number of carbonyl (C=O) groups is 1. The van der Waals surface area contributed by atoms with Crippen molar-refractivity contribution < 1.29 is 4.79 Å². The molecule has 3 rings (SSSR count).